The molecule has 0 unspecified atom stereocenters. The summed E-state index contributed by atoms with van der Waals surface area (Å²) in [6, 6.07) is 66.1. The summed E-state index contributed by atoms with van der Waals surface area (Å²) in [5.41, 5.74) is 11.4. The quantitative estimate of drug-likeness (QED) is 0.172. The first-order chi connectivity index (χ1) is 24.3. The van der Waals surface area contributed by atoms with Crippen molar-refractivity contribution >= 4 is 49.6 Å². The average molecular weight is 626 g/mol. The molecule has 9 rings (SSSR count). The maximum Gasteiger partial charge on any atom is 0.0979 e. The van der Waals surface area contributed by atoms with Gasteiger partial charge in [0.1, 0.15) is 0 Å². The average Bonchev–Trinajstić information content (AvgIpc) is 3.19. The molecule has 8 aromatic carbocycles. The van der Waals surface area contributed by atoms with Crippen LogP contribution >= 0.6 is 0 Å². The van der Waals surface area contributed by atoms with Gasteiger partial charge in [0, 0.05) is 33.6 Å². The molecule has 0 atom stereocenters. The molecule has 0 aliphatic rings. The van der Waals surface area contributed by atoms with Crippen molar-refractivity contribution in [2.24, 2.45) is 0 Å². The van der Waals surface area contributed by atoms with Crippen molar-refractivity contribution in [3.63, 3.8) is 0 Å². The standard InChI is InChI=1S/C46H31N3/c1-5-13-32(14-6-1)33-23-26-39(27-24-33)49(38-19-11-4-12-20-38)40-28-29-41-37(31-40)22-21-34-25-30-42-46(43(34)41)48-45(36-17-9-3-10-18-36)44(47-42)35-15-7-2-8-16-35/h1-31H. The Labute approximate surface area is 285 Å². The van der Waals surface area contributed by atoms with E-state index < -0.39 is 0 Å². The molecule has 0 aliphatic heterocycles. The van der Waals surface area contributed by atoms with Gasteiger partial charge >= 0.3 is 0 Å². The lowest BCUT2D eigenvalue weighted by molar-refractivity contribution is 1.29. The Morgan fingerprint density at radius 3 is 1.49 bits per heavy atom. The first-order valence-electron chi connectivity index (χ1n) is 16.6. The lowest BCUT2D eigenvalue weighted by atomic mass is 9.98. The van der Waals surface area contributed by atoms with Crippen LogP contribution in [0.2, 0.25) is 0 Å². The Balaban J connectivity index is 1.22. The van der Waals surface area contributed by atoms with Gasteiger partial charge < -0.3 is 4.90 Å². The summed E-state index contributed by atoms with van der Waals surface area (Å²) >= 11 is 0. The molecule has 0 bridgehead atoms. The minimum absolute atomic E-state index is 0.882. The Morgan fingerprint density at radius 1 is 0.347 bits per heavy atom. The zero-order valence-corrected chi connectivity index (χ0v) is 26.7. The van der Waals surface area contributed by atoms with Gasteiger partial charge in [-0.3, -0.25) is 0 Å². The monoisotopic (exact) mass is 625 g/mol. The van der Waals surface area contributed by atoms with Crippen molar-refractivity contribution in [2.45, 2.75) is 0 Å². The molecule has 1 heterocycles. The van der Waals surface area contributed by atoms with Gasteiger partial charge in [-0.1, -0.05) is 146 Å². The van der Waals surface area contributed by atoms with Crippen molar-refractivity contribution in [1.29, 1.82) is 0 Å². The van der Waals surface area contributed by atoms with Gasteiger partial charge in [-0.2, -0.15) is 0 Å². The van der Waals surface area contributed by atoms with Gasteiger partial charge in [0.25, 0.3) is 0 Å². The van der Waals surface area contributed by atoms with E-state index in [0.29, 0.717) is 0 Å². The molecule has 0 saturated heterocycles. The third kappa shape index (κ3) is 5.28. The molecule has 0 fully saturated rings. The number of hydrogen-bond acceptors (Lipinski definition) is 3. The number of fused-ring (bicyclic) bond motifs is 5. The second-order valence-corrected chi connectivity index (χ2v) is 12.2. The minimum atomic E-state index is 0.882. The molecule has 230 valence electrons. The van der Waals surface area contributed by atoms with Crippen molar-refractivity contribution < 1.29 is 0 Å². The summed E-state index contributed by atoms with van der Waals surface area (Å²) in [7, 11) is 0. The Morgan fingerprint density at radius 2 is 0.837 bits per heavy atom. The first-order valence-corrected chi connectivity index (χ1v) is 16.6. The summed E-state index contributed by atoms with van der Waals surface area (Å²) in [5, 5.41) is 4.56. The Hall–Kier alpha value is -6.58. The number of hydrogen-bond donors (Lipinski definition) is 0. The van der Waals surface area contributed by atoms with E-state index in [1.165, 1.54) is 11.1 Å². The van der Waals surface area contributed by atoms with Crippen LogP contribution in [0.4, 0.5) is 17.1 Å². The van der Waals surface area contributed by atoms with Crippen LogP contribution in [0.1, 0.15) is 0 Å². The van der Waals surface area contributed by atoms with E-state index in [1.807, 2.05) is 12.1 Å². The van der Waals surface area contributed by atoms with E-state index in [4.69, 9.17) is 9.97 Å². The van der Waals surface area contributed by atoms with Crippen LogP contribution in [0.15, 0.2) is 188 Å². The molecule has 0 saturated carbocycles. The predicted molar refractivity (Wildman–Crippen MR) is 206 cm³/mol. The number of aromatic nitrogens is 2. The fraction of sp³-hybridized carbons (Fsp3) is 0. The molecule has 0 radical (unpaired) electrons. The highest BCUT2D eigenvalue weighted by Crippen LogP contribution is 2.40. The van der Waals surface area contributed by atoms with Gasteiger partial charge in [0.15, 0.2) is 0 Å². The van der Waals surface area contributed by atoms with Crippen LogP contribution in [0, 0.1) is 0 Å². The highest BCUT2D eigenvalue weighted by Gasteiger charge is 2.18. The molecular formula is C46H31N3. The lowest BCUT2D eigenvalue weighted by Gasteiger charge is -2.26. The van der Waals surface area contributed by atoms with E-state index in [1.54, 1.807) is 0 Å². The van der Waals surface area contributed by atoms with E-state index in [2.05, 4.69) is 181 Å². The SMILES string of the molecule is c1ccc(-c2ccc(N(c3ccccc3)c3ccc4c(ccc5ccc6nc(-c7ccccc7)c(-c7ccccc7)nc6c54)c3)cc2)cc1. The van der Waals surface area contributed by atoms with Gasteiger partial charge in [-0.05, 0) is 69.8 Å². The second-order valence-electron chi connectivity index (χ2n) is 12.2. The molecule has 9 aromatic rings. The molecule has 0 amide bonds. The lowest BCUT2D eigenvalue weighted by Crippen LogP contribution is -2.09. The van der Waals surface area contributed by atoms with E-state index in [0.717, 1.165) is 72.2 Å². The maximum absolute atomic E-state index is 5.41. The van der Waals surface area contributed by atoms with E-state index >= 15 is 0 Å². The zero-order valence-electron chi connectivity index (χ0n) is 26.7. The number of nitrogens with zero attached hydrogens (tertiary/aromatic N) is 3. The Kier molecular flexibility index (Phi) is 7.14. The summed E-state index contributed by atoms with van der Waals surface area (Å²) in [5.74, 6) is 0. The normalized spacial score (nSPS) is 11.3. The topological polar surface area (TPSA) is 29.0 Å². The second kappa shape index (κ2) is 12.2. The fourth-order valence-corrected chi connectivity index (χ4v) is 6.85. The summed E-state index contributed by atoms with van der Waals surface area (Å²) in [6.45, 7) is 0. The largest absolute Gasteiger partial charge is 0.310 e. The molecule has 1 aromatic heterocycles. The molecule has 3 nitrogen and oxygen atoms in total. The highest BCUT2D eigenvalue weighted by molar-refractivity contribution is 6.19. The van der Waals surface area contributed by atoms with Gasteiger partial charge in [0.05, 0.1) is 22.4 Å². The van der Waals surface area contributed by atoms with Crippen LogP contribution in [0.25, 0.3) is 66.2 Å². The predicted octanol–water partition coefficient (Wildman–Crippen LogP) is 12.4. The molecule has 49 heavy (non-hydrogen) atoms. The van der Waals surface area contributed by atoms with Crippen molar-refractivity contribution in [3.05, 3.63) is 188 Å². The van der Waals surface area contributed by atoms with E-state index in [9.17, 15) is 0 Å². The summed E-state index contributed by atoms with van der Waals surface area (Å²) < 4.78 is 0. The molecule has 0 N–H and O–H groups in total. The van der Waals surface area contributed by atoms with Crippen LogP contribution in [0.3, 0.4) is 0 Å². The number of anilines is 3. The van der Waals surface area contributed by atoms with E-state index in [-0.39, 0.29) is 0 Å². The van der Waals surface area contributed by atoms with Crippen LogP contribution in [0.5, 0.6) is 0 Å². The van der Waals surface area contributed by atoms with Gasteiger partial charge in [-0.25, -0.2) is 9.97 Å². The third-order valence-corrected chi connectivity index (χ3v) is 9.22. The van der Waals surface area contributed by atoms with Crippen LogP contribution in [-0.2, 0) is 0 Å². The molecule has 0 spiro atoms. The molecule has 0 aliphatic carbocycles. The number of benzene rings is 8. The van der Waals surface area contributed by atoms with Crippen molar-refractivity contribution in [3.8, 4) is 33.6 Å². The minimum Gasteiger partial charge on any atom is -0.310 e. The maximum atomic E-state index is 5.41. The van der Waals surface area contributed by atoms with Crippen LogP contribution < -0.4 is 4.90 Å². The van der Waals surface area contributed by atoms with Crippen molar-refractivity contribution in [2.75, 3.05) is 4.90 Å². The molecular weight excluding hydrogens is 595 g/mol. The third-order valence-electron chi connectivity index (χ3n) is 9.22. The fourth-order valence-electron chi connectivity index (χ4n) is 6.85. The van der Waals surface area contributed by atoms with Crippen LogP contribution in [-0.4, -0.2) is 9.97 Å². The van der Waals surface area contributed by atoms with Gasteiger partial charge in [-0.15, -0.1) is 0 Å². The number of para-hydroxylation sites is 1. The first kappa shape index (κ1) is 28.6. The number of rotatable bonds is 6. The van der Waals surface area contributed by atoms with Crippen molar-refractivity contribution in [1.82, 2.24) is 9.97 Å². The highest BCUT2D eigenvalue weighted by atomic mass is 15.1. The van der Waals surface area contributed by atoms with Gasteiger partial charge in [0.2, 0.25) is 0 Å². The summed E-state index contributed by atoms with van der Waals surface area (Å²) in [6.07, 6.45) is 0. The molecule has 3 heteroatoms. The zero-order chi connectivity index (χ0) is 32.6. The Bertz CT molecular complexity index is 2570. The smallest absolute Gasteiger partial charge is 0.0979 e. The summed E-state index contributed by atoms with van der Waals surface area (Å²) in [4.78, 5) is 13.0.